The first-order chi connectivity index (χ1) is 10.4. The minimum Gasteiger partial charge on any atom is -0.347 e. The molecule has 0 aliphatic heterocycles. The summed E-state index contributed by atoms with van der Waals surface area (Å²) in [4.78, 5) is 8.18. The second-order valence-electron chi connectivity index (χ2n) is 7.57. The molecule has 114 valence electrons. The maximum atomic E-state index is 4.62. The van der Waals surface area contributed by atoms with Crippen LogP contribution in [0.4, 0.5) is 0 Å². The van der Waals surface area contributed by atoms with E-state index >= 15 is 0 Å². The van der Waals surface area contributed by atoms with Gasteiger partial charge in [0.05, 0.1) is 12.4 Å². The van der Waals surface area contributed by atoms with Crippen LogP contribution in [0.2, 0.25) is 19.6 Å². The number of nitrogens with zero attached hydrogens (tertiary/aromatic N) is 1. The van der Waals surface area contributed by atoms with Gasteiger partial charge in [-0.2, -0.15) is 0 Å². The van der Waals surface area contributed by atoms with Gasteiger partial charge in [0.25, 0.3) is 0 Å². The molecule has 0 spiro atoms. The van der Waals surface area contributed by atoms with E-state index in [1.807, 2.05) is 6.20 Å². The molecule has 4 rings (SSSR count). The summed E-state index contributed by atoms with van der Waals surface area (Å²) in [6.07, 6.45) is 5.78. The van der Waals surface area contributed by atoms with Crippen LogP contribution in [-0.4, -0.2) is 18.0 Å². The summed E-state index contributed by atoms with van der Waals surface area (Å²) >= 11 is 3.95. The molecule has 0 bridgehead atoms. The van der Waals surface area contributed by atoms with Crippen molar-refractivity contribution in [2.24, 2.45) is 0 Å². The van der Waals surface area contributed by atoms with Crippen LogP contribution in [0.3, 0.4) is 0 Å². The molecule has 1 fully saturated rings. The Morgan fingerprint density at radius 2 is 1.91 bits per heavy atom. The van der Waals surface area contributed by atoms with Gasteiger partial charge in [-0.05, 0) is 42.3 Å². The van der Waals surface area contributed by atoms with Gasteiger partial charge in [0.15, 0.2) is 0 Å². The van der Waals surface area contributed by atoms with E-state index in [0.717, 1.165) is 5.65 Å². The predicted molar refractivity (Wildman–Crippen MR) is 101 cm³/mol. The second-order valence-corrected chi connectivity index (χ2v) is 14.1. The average Bonchev–Trinajstić information content (AvgIpc) is 2.88. The lowest BCUT2D eigenvalue weighted by atomic mass is 9.79. The van der Waals surface area contributed by atoms with E-state index < -0.39 is 8.07 Å². The average molecular weight is 373 g/mol. The number of aromatic amines is 1. The van der Waals surface area contributed by atoms with Gasteiger partial charge >= 0.3 is 0 Å². The number of rotatable bonds is 2. The van der Waals surface area contributed by atoms with Crippen molar-refractivity contribution in [1.82, 2.24) is 9.97 Å². The fourth-order valence-electron chi connectivity index (χ4n) is 3.25. The zero-order valence-corrected chi connectivity index (χ0v) is 15.9. The molecule has 1 aromatic carbocycles. The lowest BCUT2D eigenvalue weighted by molar-refractivity contribution is 0.383. The normalized spacial score (nSPS) is 17.8. The third-order valence-electron chi connectivity index (χ3n) is 4.94. The van der Waals surface area contributed by atoms with Crippen molar-refractivity contribution in [3.63, 3.8) is 0 Å². The Hall–Kier alpha value is -1.13. The minimum absolute atomic E-state index is 0.203. The standard InChI is InChI=1S/C18H21BrN2Si/c1-22(2,3)16-10-15-14-9-13(18(19)7-4-8-18)6-5-12(14)11-20-17(15)21-16/h5-6,9-11H,4,7-8H2,1-3H3,(H,20,21). The van der Waals surface area contributed by atoms with Gasteiger partial charge < -0.3 is 4.98 Å². The molecule has 0 atom stereocenters. The SMILES string of the molecule is C[Si](C)(C)c1cc2c(ncc3ccc(C4(Br)CCC4)cc32)[nH]1. The highest BCUT2D eigenvalue weighted by Crippen LogP contribution is 2.49. The van der Waals surface area contributed by atoms with Gasteiger partial charge in [-0.15, -0.1) is 0 Å². The summed E-state index contributed by atoms with van der Waals surface area (Å²) in [5.41, 5.74) is 2.44. The first kappa shape index (κ1) is 14.5. The van der Waals surface area contributed by atoms with Crippen LogP contribution in [0, 0.1) is 0 Å². The number of alkyl halides is 1. The number of hydrogen-bond acceptors (Lipinski definition) is 1. The van der Waals surface area contributed by atoms with E-state index in [1.165, 1.54) is 46.3 Å². The molecule has 2 aromatic heterocycles. The Balaban J connectivity index is 1.96. The van der Waals surface area contributed by atoms with E-state index in [4.69, 9.17) is 0 Å². The van der Waals surface area contributed by atoms with Gasteiger partial charge in [0.2, 0.25) is 0 Å². The summed E-state index contributed by atoms with van der Waals surface area (Å²) in [5, 5.41) is 5.21. The molecule has 0 unspecified atom stereocenters. The van der Waals surface area contributed by atoms with Crippen LogP contribution in [0.15, 0.2) is 30.5 Å². The quantitative estimate of drug-likeness (QED) is 0.495. The summed E-state index contributed by atoms with van der Waals surface area (Å²) in [6, 6.07) is 9.19. The van der Waals surface area contributed by atoms with E-state index in [-0.39, 0.29) is 4.32 Å². The fourth-order valence-corrected chi connectivity index (χ4v) is 5.12. The van der Waals surface area contributed by atoms with Crippen LogP contribution in [-0.2, 0) is 4.32 Å². The highest BCUT2D eigenvalue weighted by molar-refractivity contribution is 9.09. The van der Waals surface area contributed by atoms with Crippen LogP contribution in [0.5, 0.6) is 0 Å². The van der Waals surface area contributed by atoms with Crippen LogP contribution in [0.1, 0.15) is 24.8 Å². The number of fused-ring (bicyclic) bond motifs is 3. The molecule has 0 amide bonds. The van der Waals surface area contributed by atoms with E-state index in [2.05, 4.69) is 69.8 Å². The molecule has 1 N–H and O–H groups in total. The maximum Gasteiger partial charge on any atom is 0.137 e. The highest BCUT2D eigenvalue weighted by atomic mass is 79.9. The lowest BCUT2D eigenvalue weighted by Crippen LogP contribution is -2.38. The topological polar surface area (TPSA) is 28.7 Å². The Labute approximate surface area is 140 Å². The van der Waals surface area contributed by atoms with Gasteiger partial charge in [-0.3, -0.25) is 0 Å². The van der Waals surface area contributed by atoms with Crippen molar-refractivity contribution in [3.8, 4) is 0 Å². The van der Waals surface area contributed by atoms with Gasteiger partial charge in [0.1, 0.15) is 5.65 Å². The van der Waals surface area contributed by atoms with Crippen molar-refractivity contribution in [2.45, 2.75) is 43.2 Å². The zero-order chi connectivity index (χ0) is 15.5. The first-order valence-electron chi connectivity index (χ1n) is 7.98. The number of aromatic nitrogens is 2. The fraction of sp³-hybridized carbons (Fsp3) is 0.389. The molecule has 0 radical (unpaired) electrons. The first-order valence-corrected chi connectivity index (χ1v) is 12.3. The lowest BCUT2D eigenvalue weighted by Gasteiger charge is -2.36. The molecule has 0 saturated heterocycles. The number of halogens is 1. The van der Waals surface area contributed by atoms with Crippen LogP contribution < -0.4 is 5.32 Å². The maximum absolute atomic E-state index is 4.62. The molecule has 1 aliphatic carbocycles. The summed E-state index contributed by atoms with van der Waals surface area (Å²) < 4.78 is 0.203. The van der Waals surface area contributed by atoms with Gasteiger partial charge in [-0.25, -0.2) is 4.98 Å². The molecular weight excluding hydrogens is 352 g/mol. The molecule has 3 aromatic rings. The molecule has 2 nitrogen and oxygen atoms in total. The van der Waals surface area contributed by atoms with Gasteiger partial charge in [-0.1, -0.05) is 47.7 Å². The monoisotopic (exact) mass is 372 g/mol. The molecule has 1 saturated carbocycles. The molecule has 2 heterocycles. The Morgan fingerprint density at radius 1 is 1.14 bits per heavy atom. The van der Waals surface area contributed by atoms with Crippen LogP contribution >= 0.6 is 15.9 Å². The second kappa shape index (κ2) is 4.68. The number of benzene rings is 1. The third-order valence-corrected chi connectivity index (χ3v) is 8.08. The number of nitrogens with one attached hydrogen (secondary N) is 1. The van der Waals surface area contributed by atoms with Crippen molar-refractivity contribution >= 4 is 51.1 Å². The Bertz CT molecular complexity index is 872. The minimum atomic E-state index is -1.35. The van der Waals surface area contributed by atoms with E-state index in [0.29, 0.717) is 0 Å². The molecule has 4 heteroatoms. The Morgan fingerprint density at radius 3 is 2.55 bits per heavy atom. The largest absolute Gasteiger partial charge is 0.347 e. The molecule has 1 aliphatic rings. The zero-order valence-electron chi connectivity index (χ0n) is 13.3. The van der Waals surface area contributed by atoms with Crippen LogP contribution in [0.25, 0.3) is 21.8 Å². The number of pyridine rings is 1. The van der Waals surface area contributed by atoms with E-state index in [1.54, 1.807) is 0 Å². The summed E-state index contributed by atoms with van der Waals surface area (Å²) in [5.74, 6) is 0. The Kier molecular flexibility index (Phi) is 3.08. The molecular formula is C18H21BrN2Si. The predicted octanol–water partition coefficient (Wildman–Crippen LogP) is 5.04. The summed E-state index contributed by atoms with van der Waals surface area (Å²) in [6.45, 7) is 7.10. The third kappa shape index (κ3) is 2.15. The van der Waals surface area contributed by atoms with E-state index in [9.17, 15) is 0 Å². The number of H-pyrrole nitrogens is 1. The van der Waals surface area contributed by atoms with Crippen molar-refractivity contribution in [2.75, 3.05) is 0 Å². The smallest absolute Gasteiger partial charge is 0.137 e. The molecule has 22 heavy (non-hydrogen) atoms. The highest BCUT2D eigenvalue weighted by Gasteiger charge is 2.35. The summed E-state index contributed by atoms with van der Waals surface area (Å²) in [7, 11) is -1.35. The van der Waals surface area contributed by atoms with Crippen molar-refractivity contribution in [1.29, 1.82) is 0 Å². The van der Waals surface area contributed by atoms with Gasteiger partial charge in [0, 0.05) is 22.3 Å². The number of hydrogen-bond donors (Lipinski definition) is 1. The van der Waals surface area contributed by atoms with Crippen molar-refractivity contribution in [3.05, 3.63) is 36.0 Å². The van der Waals surface area contributed by atoms with Crippen molar-refractivity contribution < 1.29 is 0 Å².